The predicted octanol–water partition coefficient (Wildman–Crippen LogP) is 1.45. The van der Waals surface area contributed by atoms with Crippen molar-refractivity contribution in [3.05, 3.63) is 42.0 Å². The fourth-order valence-electron chi connectivity index (χ4n) is 1.83. The topological polar surface area (TPSA) is 71.8 Å². The molecule has 106 valence electrons. The van der Waals surface area contributed by atoms with Gasteiger partial charge in [-0.15, -0.1) is 0 Å². The first kappa shape index (κ1) is 14.0. The Kier molecular flexibility index (Phi) is 4.70. The van der Waals surface area contributed by atoms with Gasteiger partial charge in [-0.25, -0.2) is 0 Å². The van der Waals surface area contributed by atoms with Crippen molar-refractivity contribution in [1.29, 1.82) is 0 Å². The molecule has 0 radical (unpaired) electrons. The summed E-state index contributed by atoms with van der Waals surface area (Å²) in [6.45, 7) is 5.97. The molecule has 0 aliphatic rings. The Labute approximate surface area is 118 Å². The molecule has 0 atom stereocenters. The Balaban J connectivity index is 1.86. The second-order valence-electron chi connectivity index (χ2n) is 4.50. The van der Waals surface area contributed by atoms with Crippen molar-refractivity contribution >= 4 is 11.6 Å². The van der Waals surface area contributed by atoms with E-state index in [0.29, 0.717) is 18.8 Å². The van der Waals surface area contributed by atoms with Gasteiger partial charge in [0.2, 0.25) is 0 Å². The minimum atomic E-state index is -0.173. The zero-order valence-electron chi connectivity index (χ0n) is 11.8. The molecule has 0 unspecified atom stereocenters. The summed E-state index contributed by atoms with van der Waals surface area (Å²) in [5, 5.41) is 10.2. The second-order valence-corrected chi connectivity index (χ2v) is 4.50. The molecule has 0 fully saturated rings. The molecule has 0 saturated carbocycles. The maximum atomic E-state index is 12.0. The molecule has 2 aromatic heterocycles. The molecule has 6 nitrogen and oxygen atoms in total. The van der Waals surface area contributed by atoms with E-state index < -0.39 is 0 Å². The number of aryl methyl sites for hydroxylation is 1. The van der Waals surface area contributed by atoms with E-state index in [-0.39, 0.29) is 5.91 Å². The van der Waals surface area contributed by atoms with Crippen LogP contribution >= 0.6 is 0 Å². The number of hydrogen-bond acceptors (Lipinski definition) is 4. The van der Waals surface area contributed by atoms with Gasteiger partial charge < -0.3 is 10.6 Å². The van der Waals surface area contributed by atoms with Crippen molar-refractivity contribution < 1.29 is 4.79 Å². The van der Waals surface area contributed by atoms with E-state index in [9.17, 15) is 4.79 Å². The lowest BCUT2D eigenvalue weighted by Crippen LogP contribution is -2.28. The Hall–Kier alpha value is -2.37. The summed E-state index contributed by atoms with van der Waals surface area (Å²) in [5.41, 5.74) is 2.42. The van der Waals surface area contributed by atoms with Gasteiger partial charge in [0.1, 0.15) is 5.69 Å². The monoisotopic (exact) mass is 273 g/mol. The summed E-state index contributed by atoms with van der Waals surface area (Å²) < 4.78 is 1.80. The number of nitrogens with one attached hydrogen (secondary N) is 2. The average Bonchev–Trinajstić information content (AvgIpc) is 2.85. The molecule has 0 spiro atoms. The van der Waals surface area contributed by atoms with E-state index in [1.165, 1.54) is 0 Å². The van der Waals surface area contributed by atoms with E-state index in [0.717, 1.165) is 17.8 Å². The third-order valence-electron chi connectivity index (χ3n) is 2.76. The standard InChI is InChI=1S/C14H19N5O/c1-3-15-12-4-5-16-13(8-12)14(20)17-6-7-19-10-11(2)9-18-19/h4-5,8-10H,3,6-7H2,1-2H3,(H,15,16)(H,17,20). The number of pyridine rings is 1. The number of amides is 1. The first-order valence-corrected chi connectivity index (χ1v) is 6.66. The Morgan fingerprint density at radius 1 is 1.45 bits per heavy atom. The Bertz CT molecular complexity index is 578. The molecule has 20 heavy (non-hydrogen) atoms. The lowest BCUT2D eigenvalue weighted by molar-refractivity contribution is 0.0947. The summed E-state index contributed by atoms with van der Waals surface area (Å²) in [6, 6.07) is 3.59. The molecule has 2 N–H and O–H groups in total. The van der Waals surface area contributed by atoms with Crippen molar-refractivity contribution in [3.63, 3.8) is 0 Å². The second kappa shape index (κ2) is 6.70. The predicted molar refractivity (Wildman–Crippen MR) is 77.7 cm³/mol. The molecule has 2 rings (SSSR count). The minimum Gasteiger partial charge on any atom is -0.385 e. The van der Waals surface area contributed by atoms with Crippen LogP contribution in [0.1, 0.15) is 23.0 Å². The molecule has 0 aliphatic carbocycles. The highest BCUT2D eigenvalue weighted by Gasteiger charge is 2.07. The maximum absolute atomic E-state index is 12.0. The van der Waals surface area contributed by atoms with Gasteiger partial charge in [-0.2, -0.15) is 5.10 Å². The van der Waals surface area contributed by atoms with E-state index >= 15 is 0 Å². The summed E-state index contributed by atoms with van der Waals surface area (Å²) >= 11 is 0. The summed E-state index contributed by atoms with van der Waals surface area (Å²) in [4.78, 5) is 16.0. The van der Waals surface area contributed by atoms with Crippen LogP contribution in [0.3, 0.4) is 0 Å². The highest BCUT2D eigenvalue weighted by Crippen LogP contribution is 2.07. The van der Waals surface area contributed by atoms with Crippen molar-refractivity contribution in [3.8, 4) is 0 Å². The Morgan fingerprint density at radius 2 is 2.30 bits per heavy atom. The fraction of sp³-hybridized carbons (Fsp3) is 0.357. The highest BCUT2D eigenvalue weighted by molar-refractivity contribution is 5.93. The molecule has 1 amide bonds. The van der Waals surface area contributed by atoms with Gasteiger partial charge in [-0.05, 0) is 31.5 Å². The number of nitrogens with zero attached hydrogens (tertiary/aromatic N) is 3. The smallest absolute Gasteiger partial charge is 0.270 e. The molecule has 2 heterocycles. The van der Waals surface area contributed by atoms with Gasteiger partial charge in [-0.3, -0.25) is 14.5 Å². The average molecular weight is 273 g/mol. The zero-order chi connectivity index (χ0) is 14.4. The third kappa shape index (κ3) is 3.81. The van der Waals surface area contributed by atoms with Crippen LogP contribution in [0.5, 0.6) is 0 Å². The van der Waals surface area contributed by atoms with Crippen LogP contribution in [0.4, 0.5) is 5.69 Å². The lowest BCUT2D eigenvalue weighted by Gasteiger charge is -2.07. The summed E-state index contributed by atoms with van der Waals surface area (Å²) in [5.74, 6) is -0.173. The molecule has 2 aromatic rings. The zero-order valence-corrected chi connectivity index (χ0v) is 11.8. The van der Waals surface area contributed by atoms with E-state index in [4.69, 9.17) is 0 Å². The molecular weight excluding hydrogens is 254 g/mol. The highest BCUT2D eigenvalue weighted by atomic mass is 16.1. The van der Waals surface area contributed by atoms with Gasteiger partial charge in [0, 0.05) is 31.2 Å². The fourth-order valence-corrected chi connectivity index (χ4v) is 1.83. The van der Waals surface area contributed by atoms with Crippen LogP contribution in [0, 0.1) is 6.92 Å². The van der Waals surface area contributed by atoms with Crippen LogP contribution in [0.2, 0.25) is 0 Å². The van der Waals surface area contributed by atoms with Crippen molar-refractivity contribution in [1.82, 2.24) is 20.1 Å². The molecular formula is C14H19N5O. The SMILES string of the molecule is CCNc1ccnc(C(=O)NCCn2cc(C)cn2)c1. The lowest BCUT2D eigenvalue weighted by atomic mass is 10.3. The molecule has 0 aromatic carbocycles. The third-order valence-corrected chi connectivity index (χ3v) is 2.76. The van der Waals surface area contributed by atoms with Crippen LogP contribution in [-0.2, 0) is 6.54 Å². The van der Waals surface area contributed by atoms with Gasteiger partial charge in [0.15, 0.2) is 0 Å². The van der Waals surface area contributed by atoms with E-state index in [1.54, 1.807) is 23.1 Å². The van der Waals surface area contributed by atoms with Crippen LogP contribution in [0.25, 0.3) is 0 Å². The normalized spacial score (nSPS) is 10.3. The molecule has 0 saturated heterocycles. The van der Waals surface area contributed by atoms with Crippen LogP contribution in [-0.4, -0.2) is 33.8 Å². The van der Waals surface area contributed by atoms with Crippen molar-refractivity contribution in [2.24, 2.45) is 0 Å². The van der Waals surface area contributed by atoms with Crippen LogP contribution in [0.15, 0.2) is 30.7 Å². The Morgan fingerprint density at radius 3 is 3.00 bits per heavy atom. The van der Waals surface area contributed by atoms with Crippen molar-refractivity contribution in [2.45, 2.75) is 20.4 Å². The minimum absolute atomic E-state index is 0.173. The number of rotatable bonds is 6. The number of anilines is 1. The molecule has 0 bridgehead atoms. The van der Waals surface area contributed by atoms with Crippen LogP contribution < -0.4 is 10.6 Å². The number of carbonyl (C=O) groups excluding carboxylic acids is 1. The van der Waals surface area contributed by atoms with Gasteiger partial charge in [-0.1, -0.05) is 0 Å². The van der Waals surface area contributed by atoms with Gasteiger partial charge >= 0.3 is 0 Å². The summed E-state index contributed by atoms with van der Waals surface area (Å²) in [7, 11) is 0. The molecule has 0 aliphatic heterocycles. The number of carbonyl (C=O) groups is 1. The molecule has 6 heteroatoms. The summed E-state index contributed by atoms with van der Waals surface area (Å²) in [6.07, 6.45) is 5.36. The largest absolute Gasteiger partial charge is 0.385 e. The first-order valence-electron chi connectivity index (χ1n) is 6.66. The van der Waals surface area contributed by atoms with Gasteiger partial charge in [0.25, 0.3) is 5.91 Å². The van der Waals surface area contributed by atoms with E-state index in [2.05, 4.69) is 20.7 Å². The first-order chi connectivity index (χ1) is 9.69. The maximum Gasteiger partial charge on any atom is 0.270 e. The number of hydrogen-bond donors (Lipinski definition) is 2. The van der Waals surface area contributed by atoms with E-state index in [1.807, 2.05) is 26.1 Å². The van der Waals surface area contributed by atoms with Crippen molar-refractivity contribution in [2.75, 3.05) is 18.4 Å². The number of aromatic nitrogens is 3. The van der Waals surface area contributed by atoms with Gasteiger partial charge in [0.05, 0.1) is 12.7 Å². The quantitative estimate of drug-likeness (QED) is 0.835.